The molecule has 1 N–H and O–H groups in total. The molecule has 1 aromatic heterocycles. The molecule has 2 aromatic rings. The van der Waals surface area contributed by atoms with E-state index in [1.165, 1.54) is 12.3 Å². The van der Waals surface area contributed by atoms with E-state index in [9.17, 15) is 4.79 Å². The van der Waals surface area contributed by atoms with Gasteiger partial charge in [0.05, 0.1) is 21.3 Å². The molecular formula is C12H6Cl3NO2. The highest BCUT2D eigenvalue weighted by Crippen LogP contribution is 2.30. The molecule has 0 radical (unpaired) electrons. The number of hydrogen-bond acceptors (Lipinski definition) is 2. The highest BCUT2D eigenvalue weighted by atomic mass is 35.5. The Hall–Kier alpha value is -1.29. The number of benzene rings is 1. The molecule has 18 heavy (non-hydrogen) atoms. The van der Waals surface area contributed by atoms with E-state index < -0.39 is 5.97 Å². The summed E-state index contributed by atoms with van der Waals surface area (Å²) in [6.07, 6.45) is 1.28. The molecule has 0 fully saturated rings. The number of carbonyl (C=O) groups is 1. The van der Waals surface area contributed by atoms with Gasteiger partial charge >= 0.3 is 5.97 Å². The summed E-state index contributed by atoms with van der Waals surface area (Å²) < 4.78 is 0. The summed E-state index contributed by atoms with van der Waals surface area (Å²) in [7, 11) is 0. The van der Waals surface area contributed by atoms with Crippen molar-refractivity contribution in [2.75, 3.05) is 0 Å². The van der Waals surface area contributed by atoms with Crippen molar-refractivity contribution >= 4 is 40.8 Å². The van der Waals surface area contributed by atoms with Gasteiger partial charge in [-0.1, -0.05) is 34.8 Å². The van der Waals surface area contributed by atoms with Crippen LogP contribution in [0.5, 0.6) is 0 Å². The number of pyridine rings is 1. The minimum absolute atomic E-state index is 0.0207. The van der Waals surface area contributed by atoms with Crippen molar-refractivity contribution in [1.82, 2.24) is 4.98 Å². The Balaban J connectivity index is 2.58. The first-order valence-corrected chi connectivity index (χ1v) is 5.96. The number of aromatic carboxylic acids is 1. The van der Waals surface area contributed by atoms with Crippen LogP contribution in [0.3, 0.4) is 0 Å². The summed E-state index contributed by atoms with van der Waals surface area (Å²) >= 11 is 17.6. The quantitative estimate of drug-likeness (QED) is 0.894. The summed E-state index contributed by atoms with van der Waals surface area (Å²) in [4.78, 5) is 15.0. The summed E-state index contributed by atoms with van der Waals surface area (Å²) in [6.45, 7) is 0. The lowest BCUT2D eigenvalue weighted by atomic mass is 10.1. The Morgan fingerprint density at radius 2 is 1.83 bits per heavy atom. The minimum atomic E-state index is -1.12. The first-order chi connectivity index (χ1) is 8.49. The molecular weight excluding hydrogens is 296 g/mol. The van der Waals surface area contributed by atoms with Crippen molar-refractivity contribution in [3.63, 3.8) is 0 Å². The Morgan fingerprint density at radius 1 is 1.11 bits per heavy atom. The van der Waals surface area contributed by atoms with Crippen LogP contribution in [0.25, 0.3) is 11.3 Å². The van der Waals surface area contributed by atoms with Gasteiger partial charge in [-0.2, -0.15) is 0 Å². The van der Waals surface area contributed by atoms with E-state index in [-0.39, 0.29) is 10.6 Å². The minimum Gasteiger partial charge on any atom is -0.478 e. The van der Waals surface area contributed by atoms with Crippen LogP contribution in [-0.2, 0) is 0 Å². The van der Waals surface area contributed by atoms with Gasteiger partial charge in [-0.25, -0.2) is 4.79 Å². The highest BCUT2D eigenvalue weighted by Gasteiger charge is 2.13. The van der Waals surface area contributed by atoms with Crippen molar-refractivity contribution in [2.45, 2.75) is 0 Å². The molecule has 92 valence electrons. The van der Waals surface area contributed by atoms with Crippen LogP contribution in [0.2, 0.25) is 15.1 Å². The van der Waals surface area contributed by atoms with Gasteiger partial charge in [0, 0.05) is 16.8 Å². The molecule has 0 amide bonds. The SMILES string of the molecule is O=C(O)c1cc(-c2ccc(Cl)cc2Cl)ncc1Cl. The van der Waals surface area contributed by atoms with Crippen LogP contribution in [0.4, 0.5) is 0 Å². The van der Waals surface area contributed by atoms with E-state index in [0.29, 0.717) is 21.3 Å². The summed E-state index contributed by atoms with van der Waals surface area (Å²) in [5.74, 6) is -1.12. The Morgan fingerprint density at radius 3 is 2.44 bits per heavy atom. The molecule has 0 atom stereocenters. The predicted octanol–water partition coefficient (Wildman–Crippen LogP) is 4.41. The van der Waals surface area contributed by atoms with Crippen LogP contribution in [0, 0.1) is 0 Å². The third kappa shape index (κ3) is 2.58. The standard InChI is InChI=1S/C12H6Cl3NO2/c13-6-1-2-7(9(14)3-6)11-4-8(12(17)18)10(15)5-16-11/h1-5H,(H,17,18). The summed E-state index contributed by atoms with van der Waals surface area (Å²) in [6, 6.07) is 6.26. The second-order valence-electron chi connectivity index (χ2n) is 3.48. The zero-order valence-electron chi connectivity index (χ0n) is 8.82. The number of carboxylic acid groups (broad SMARTS) is 1. The van der Waals surface area contributed by atoms with Gasteiger partial charge in [0.25, 0.3) is 0 Å². The molecule has 1 aromatic carbocycles. The molecule has 0 bridgehead atoms. The molecule has 2 rings (SSSR count). The maximum Gasteiger partial charge on any atom is 0.337 e. The largest absolute Gasteiger partial charge is 0.478 e. The molecule has 0 aliphatic rings. The number of aromatic nitrogens is 1. The van der Waals surface area contributed by atoms with E-state index >= 15 is 0 Å². The van der Waals surface area contributed by atoms with Crippen LogP contribution in [0.15, 0.2) is 30.5 Å². The van der Waals surface area contributed by atoms with Crippen LogP contribution < -0.4 is 0 Å². The normalized spacial score (nSPS) is 10.4. The lowest BCUT2D eigenvalue weighted by Crippen LogP contribution is -1.99. The molecule has 0 aliphatic heterocycles. The average molecular weight is 303 g/mol. The number of nitrogens with zero attached hydrogens (tertiary/aromatic N) is 1. The first-order valence-electron chi connectivity index (χ1n) is 4.83. The predicted molar refractivity (Wildman–Crippen MR) is 71.7 cm³/mol. The zero-order chi connectivity index (χ0) is 13.3. The Labute approximate surface area is 118 Å². The zero-order valence-corrected chi connectivity index (χ0v) is 11.1. The van der Waals surface area contributed by atoms with Crippen LogP contribution in [-0.4, -0.2) is 16.1 Å². The van der Waals surface area contributed by atoms with Crippen molar-refractivity contribution in [3.05, 3.63) is 51.1 Å². The van der Waals surface area contributed by atoms with E-state index in [0.717, 1.165) is 0 Å². The van der Waals surface area contributed by atoms with Crippen LogP contribution in [0.1, 0.15) is 10.4 Å². The second kappa shape index (κ2) is 5.14. The fourth-order valence-corrected chi connectivity index (χ4v) is 2.14. The summed E-state index contributed by atoms with van der Waals surface area (Å²) in [5.41, 5.74) is 1.01. The van der Waals surface area contributed by atoms with Gasteiger partial charge in [0.2, 0.25) is 0 Å². The van der Waals surface area contributed by atoms with E-state index in [1.807, 2.05) is 0 Å². The topological polar surface area (TPSA) is 50.2 Å². The third-order valence-electron chi connectivity index (χ3n) is 2.29. The lowest BCUT2D eigenvalue weighted by Gasteiger charge is -2.06. The molecule has 0 aliphatic carbocycles. The van der Waals surface area contributed by atoms with Gasteiger partial charge in [-0.05, 0) is 24.3 Å². The van der Waals surface area contributed by atoms with E-state index in [2.05, 4.69) is 4.98 Å². The smallest absolute Gasteiger partial charge is 0.337 e. The van der Waals surface area contributed by atoms with Crippen molar-refractivity contribution in [3.8, 4) is 11.3 Å². The third-order valence-corrected chi connectivity index (χ3v) is 3.14. The van der Waals surface area contributed by atoms with Gasteiger partial charge < -0.3 is 5.11 Å². The molecule has 0 saturated carbocycles. The molecule has 0 saturated heterocycles. The maximum atomic E-state index is 11.0. The number of rotatable bonds is 2. The van der Waals surface area contributed by atoms with Crippen molar-refractivity contribution in [2.24, 2.45) is 0 Å². The van der Waals surface area contributed by atoms with Crippen molar-refractivity contribution in [1.29, 1.82) is 0 Å². The Bertz CT molecular complexity index is 629. The van der Waals surface area contributed by atoms with Gasteiger partial charge in [0.1, 0.15) is 0 Å². The Kier molecular flexibility index (Phi) is 3.76. The van der Waals surface area contributed by atoms with Gasteiger partial charge in [0.15, 0.2) is 0 Å². The average Bonchev–Trinajstić information content (AvgIpc) is 2.30. The van der Waals surface area contributed by atoms with E-state index in [4.69, 9.17) is 39.9 Å². The molecule has 3 nitrogen and oxygen atoms in total. The monoisotopic (exact) mass is 301 g/mol. The highest BCUT2D eigenvalue weighted by molar-refractivity contribution is 6.36. The molecule has 1 heterocycles. The fraction of sp³-hybridized carbons (Fsp3) is 0. The maximum absolute atomic E-state index is 11.0. The fourth-order valence-electron chi connectivity index (χ4n) is 1.45. The molecule has 0 spiro atoms. The van der Waals surface area contributed by atoms with Crippen LogP contribution >= 0.6 is 34.8 Å². The second-order valence-corrected chi connectivity index (χ2v) is 4.73. The van der Waals surface area contributed by atoms with Gasteiger partial charge in [-0.15, -0.1) is 0 Å². The van der Waals surface area contributed by atoms with Gasteiger partial charge in [-0.3, -0.25) is 4.98 Å². The van der Waals surface area contributed by atoms with E-state index in [1.54, 1.807) is 18.2 Å². The van der Waals surface area contributed by atoms with Crippen molar-refractivity contribution < 1.29 is 9.90 Å². The number of halogens is 3. The lowest BCUT2D eigenvalue weighted by molar-refractivity contribution is 0.0697. The first kappa shape index (κ1) is 13.1. The number of carboxylic acids is 1. The summed E-state index contributed by atoms with van der Waals surface area (Å²) in [5, 5.41) is 9.96. The number of hydrogen-bond donors (Lipinski definition) is 1. The molecule has 0 unspecified atom stereocenters. The molecule has 6 heteroatoms.